The molecular formula is C15H20N2O3S. The Kier molecular flexibility index (Phi) is 4.99. The van der Waals surface area contributed by atoms with Gasteiger partial charge in [-0.15, -0.1) is 0 Å². The van der Waals surface area contributed by atoms with E-state index in [1.807, 2.05) is 6.07 Å². The summed E-state index contributed by atoms with van der Waals surface area (Å²) < 4.78 is 27.2. The van der Waals surface area contributed by atoms with E-state index < -0.39 is 10.0 Å². The first-order valence-electron chi connectivity index (χ1n) is 7.09. The number of aliphatic hydroxyl groups is 1. The number of hydrogen-bond acceptors (Lipinski definition) is 4. The molecule has 2 N–H and O–H groups in total. The molecule has 2 rings (SSSR count). The molecule has 5 nitrogen and oxygen atoms in total. The van der Waals surface area contributed by atoms with Crippen molar-refractivity contribution >= 4 is 10.0 Å². The number of hydrogen-bond donors (Lipinski definition) is 2. The third-order valence-electron chi connectivity index (χ3n) is 4.22. The summed E-state index contributed by atoms with van der Waals surface area (Å²) in [5, 5.41) is 18.1. The second-order valence-electron chi connectivity index (χ2n) is 5.57. The first-order chi connectivity index (χ1) is 9.97. The number of nitrogens with zero attached hydrogens (tertiary/aromatic N) is 1. The van der Waals surface area contributed by atoms with Crippen LogP contribution in [0.1, 0.15) is 30.4 Å². The molecule has 6 heteroatoms. The van der Waals surface area contributed by atoms with Crippen molar-refractivity contribution in [3.63, 3.8) is 0 Å². The van der Waals surface area contributed by atoms with Crippen LogP contribution in [0.2, 0.25) is 0 Å². The molecule has 0 bridgehead atoms. The van der Waals surface area contributed by atoms with Crippen molar-refractivity contribution in [2.45, 2.75) is 31.1 Å². The van der Waals surface area contributed by atoms with Gasteiger partial charge in [-0.25, -0.2) is 13.1 Å². The quantitative estimate of drug-likeness (QED) is 0.863. The van der Waals surface area contributed by atoms with Crippen LogP contribution in [-0.4, -0.2) is 26.7 Å². The second-order valence-corrected chi connectivity index (χ2v) is 7.34. The van der Waals surface area contributed by atoms with Crippen molar-refractivity contribution in [1.82, 2.24) is 4.72 Å². The maximum Gasteiger partial charge on any atom is 0.240 e. The fraction of sp³-hybridized carbons (Fsp3) is 0.533. The van der Waals surface area contributed by atoms with Crippen molar-refractivity contribution in [3.05, 3.63) is 29.3 Å². The van der Waals surface area contributed by atoms with Crippen LogP contribution in [-0.2, 0) is 10.0 Å². The van der Waals surface area contributed by atoms with E-state index in [1.54, 1.807) is 6.92 Å². The summed E-state index contributed by atoms with van der Waals surface area (Å²) >= 11 is 0. The summed E-state index contributed by atoms with van der Waals surface area (Å²) in [5.41, 5.74) is 1.12. The van der Waals surface area contributed by atoms with Crippen molar-refractivity contribution in [1.29, 1.82) is 5.26 Å². The van der Waals surface area contributed by atoms with Gasteiger partial charge in [-0.2, -0.15) is 5.26 Å². The van der Waals surface area contributed by atoms with Crippen LogP contribution >= 0.6 is 0 Å². The number of rotatable bonds is 5. The Hall–Kier alpha value is -1.42. The minimum absolute atomic E-state index is 0.113. The molecule has 1 aliphatic rings. The van der Waals surface area contributed by atoms with Crippen molar-refractivity contribution in [2.24, 2.45) is 11.8 Å². The molecule has 1 fully saturated rings. The minimum Gasteiger partial charge on any atom is -0.396 e. The van der Waals surface area contributed by atoms with Gasteiger partial charge in [0.15, 0.2) is 0 Å². The lowest BCUT2D eigenvalue weighted by molar-refractivity contribution is 0.195. The lowest BCUT2D eigenvalue weighted by Gasteiger charge is -2.18. The molecule has 0 heterocycles. The summed E-state index contributed by atoms with van der Waals surface area (Å²) in [5.74, 6) is 0.389. The summed E-state index contributed by atoms with van der Waals surface area (Å²) in [7, 11) is -3.57. The monoisotopic (exact) mass is 308 g/mol. The molecule has 2 atom stereocenters. The fourth-order valence-electron chi connectivity index (χ4n) is 2.85. The molecule has 114 valence electrons. The van der Waals surface area contributed by atoms with Gasteiger partial charge in [0, 0.05) is 13.2 Å². The lowest BCUT2D eigenvalue weighted by Crippen LogP contribution is -2.31. The standard InChI is InChI=1S/C15H20N2O3S/c1-11-7-15(6-5-12(11)8-16)21(19,20)17-9-13-3-2-4-14(13)10-18/h5-7,13-14,17-18H,2-4,9-10H2,1H3. The number of aryl methyl sites for hydroxylation is 1. The van der Waals surface area contributed by atoms with Gasteiger partial charge in [0.1, 0.15) is 0 Å². The second kappa shape index (κ2) is 6.56. The van der Waals surface area contributed by atoms with Gasteiger partial charge < -0.3 is 5.11 Å². The van der Waals surface area contributed by atoms with Crippen molar-refractivity contribution in [2.75, 3.05) is 13.2 Å². The van der Waals surface area contributed by atoms with Crippen LogP contribution in [0.4, 0.5) is 0 Å². The molecule has 1 saturated carbocycles. The SMILES string of the molecule is Cc1cc(S(=O)(=O)NCC2CCCC2CO)ccc1C#N. The molecule has 1 aliphatic carbocycles. The molecule has 1 aromatic rings. The lowest BCUT2D eigenvalue weighted by atomic mass is 9.97. The zero-order chi connectivity index (χ0) is 15.5. The smallest absolute Gasteiger partial charge is 0.240 e. The highest BCUT2D eigenvalue weighted by atomic mass is 32.2. The van der Waals surface area contributed by atoms with Gasteiger partial charge in [0.25, 0.3) is 0 Å². The molecule has 0 amide bonds. The van der Waals surface area contributed by atoms with Crippen LogP contribution in [0.5, 0.6) is 0 Å². The van der Waals surface area contributed by atoms with Crippen LogP contribution in [0, 0.1) is 30.1 Å². The van der Waals surface area contributed by atoms with Gasteiger partial charge >= 0.3 is 0 Å². The summed E-state index contributed by atoms with van der Waals surface area (Å²) in [6.07, 6.45) is 2.94. The summed E-state index contributed by atoms with van der Waals surface area (Å²) in [6, 6.07) is 6.51. The molecule has 1 aromatic carbocycles. The average molecular weight is 308 g/mol. The zero-order valence-corrected chi connectivity index (χ0v) is 12.9. The maximum absolute atomic E-state index is 12.3. The van der Waals surface area contributed by atoms with Crippen LogP contribution in [0.25, 0.3) is 0 Å². The van der Waals surface area contributed by atoms with Crippen LogP contribution < -0.4 is 4.72 Å². The number of benzene rings is 1. The molecule has 21 heavy (non-hydrogen) atoms. The van der Waals surface area contributed by atoms with E-state index >= 15 is 0 Å². The Bertz CT molecular complexity index is 649. The Morgan fingerprint density at radius 2 is 2.10 bits per heavy atom. The highest BCUT2D eigenvalue weighted by Crippen LogP contribution is 2.31. The molecule has 2 unspecified atom stereocenters. The zero-order valence-electron chi connectivity index (χ0n) is 12.0. The Morgan fingerprint density at radius 3 is 2.71 bits per heavy atom. The highest BCUT2D eigenvalue weighted by Gasteiger charge is 2.28. The molecule has 0 radical (unpaired) electrons. The van der Waals surface area contributed by atoms with E-state index in [2.05, 4.69) is 4.72 Å². The third kappa shape index (κ3) is 3.62. The number of nitriles is 1. The van der Waals surface area contributed by atoms with Gasteiger partial charge in [0.05, 0.1) is 16.5 Å². The van der Waals surface area contributed by atoms with E-state index in [9.17, 15) is 13.5 Å². The van der Waals surface area contributed by atoms with E-state index in [0.717, 1.165) is 19.3 Å². The third-order valence-corrected chi connectivity index (χ3v) is 5.64. The van der Waals surface area contributed by atoms with Gasteiger partial charge in [-0.05, 0) is 55.4 Å². The Balaban J connectivity index is 2.08. The molecule has 0 aromatic heterocycles. The van der Waals surface area contributed by atoms with Gasteiger partial charge in [-0.1, -0.05) is 6.42 Å². The Morgan fingerprint density at radius 1 is 1.38 bits per heavy atom. The molecule has 0 aliphatic heterocycles. The van der Waals surface area contributed by atoms with Gasteiger partial charge in [0.2, 0.25) is 10.0 Å². The molecule has 0 spiro atoms. The van der Waals surface area contributed by atoms with Crippen molar-refractivity contribution in [3.8, 4) is 6.07 Å². The first kappa shape index (κ1) is 16.0. The fourth-order valence-corrected chi connectivity index (χ4v) is 4.03. The highest BCUT2D eigenvalue weighted by molar-refractivity contribution is 7.89. The van der Waals surface area contributed by atoms with E-state index in [0.29, 0.717) is 17.7 Å². The minimum atomic E-state index is -3.57. The Labute approximate surface area is 125 Å². The summed E-state index contributed by atoms with van der Waals surface area (Å²) in [4.78, 5) is 0.178. The van der Waals surface area contributed by atoms with Gasteiger partial charge in [-0.3, -0.25) is 0 Å². The largest absolute Gasteiger partial charge is 0.396 e. The number of nitrogens with one attached hydrogen (secondary N) is 1. The summed E-state index contributed by atoms with van der Waals surface area (Å²) in [6.45, 7) is 2.19. The topological polar surface area (TPSA) is 90.2 Å². The predicted molar refractivity (Wildman–Crippen MR) is 79.0 cm³/mol. The van der Waals surface area contributed by atoms with E-state index in [4.69, 9.17) is 5.26 Å². The molecule has 0 saturated heterocycles. The van der Waals surface area contributed by atoms with E-state index in [-0.39, 0.29) is 23.3 Å². The van der Waals surface area contributed by atoms with E-state index in [1.165, 1.54) is 18.2 Å². The molecular weight excluding hydrogens is 288 g/mol. The van der Waals surface area contributed by atoms with Crippen molar-refractivity contribution < 1.29 is 13.5 Å². The number of sulfonamides is 1. The average Bonchev–Trinajstić information content (AvgIpc) is 2.92. The van der Waals surface area contributed by atoms with Crippen LogP contribution in [0.3, 0.4) is 0 Å². The van der Waals surface area contributed by atoms with Crippen LogP contribution in [0.15, 0.2) is 23.1 Å². The first-order valence-corrected chi connectivity index (χ1v) is 8.57. The predicted octanol–water partition coefficient (Wildman–Crippen LogP) is 1.55. The normalized spacial score (nSPS) is 22.1. The maximum atomic E-state index is 12.3. The number of aliphatic hydroxyl groups excluding tert-OH is 1.